The second-order valence-electron chi connectivity index (χ2n) is 11.7. The molecular weight excluding hydrogens is 609 g/mol. The zero-order valence-corrected chi connectivity index (χ0v) is 27.8. The number of benzene rings is 3. The van der Waals surface area contributed by atoms with Crippen LogP contribution < -0.4 is 26.0 Å². The Kier molecular flexibility index (Phi) is 10.5. The number of hydrogen-bond acceptors (Lipinski definition) is 11. The molecule has 3 heterocycles. The Morgan fingerprint density at radius 2 is 1.79 bits per heavy atom. The van der Waals surface area contributed by atoms with Crippen LogP contribution in [0.4, 0.5) is 17.2 Å². The number of nitrogen functional groups attached to an aromatic ring is 1. The highest BCUT2D eigenvalue weighted by atomic mass is 32.1. The number of para-hydroxylation sites is 1. The van der Waals surface area contributed by atoms with Gasteiger partial charge in [0.1, 0.15) is 11.5 Å². The van der Waals surface area contributed by atoms with Crippen LogP contribution >= 0.6 is 11.3 Å². The third-order valence-electron chi connectivity index (χ3n) is 8.41. The van der Waals surface area contributed by atoms with Crippen LogP contribution in [0.25, 0.3) is 21.7 Å². The lowest BCUT2D eigenvalue weighted by atomic mass is 10.1. The van der Waals surface area contributed by atoms with Gasteiger partial charge < -0.3 is 31.1 Å². The smallest absolute Gasteiger partial charge is 0.169 e. The molecule has 5 N–H and O–H groups in total. The summed E-state index contributed by atoms with van der Waals surface area (Å²) in [5, 5.41) is 25.5. The number of hydrogen-bond donors (Lipinski definition) is 4. The normalized spacial score (nSPS) is 13.5. The van der Waals surface area contributed by atoms with E-state index in [1.165, 1.54) is 21.6 Å². The third-order valence-corrected chi connectivity index (χ3v) is 9.39. The van der Waals surface area contributed by atoms with Gasteiger partial charge in [-0.3, -0.25) is 4.90 Å². The van der Waals surface area contributed by atoms with E-state index in [1.807, 2.05) is 30.8 Å². The van der Waals surface area contributed by atoms with E-state index in [4.69, 9.17) is 10.5 Å². The van der Waals surface area contributed by atoms with Gasteiger partial charge in [0.2, 0.25) is 0 Å². The molecule has 0 spiro atoms. The largest absolute Gasteiger partial charge is 0.507 e. The summed E-state index contributed by atoms with van der Waals surface area (Å²) in [6, 6.07) is 24.1. The van der Waals surface area contributed by atoms with Crippen molar-refractivity contribution in [1.82, 2.24) is 25.4 Å². The fraction of sp³-hybridized carbons (Fsp3) is 0.306. The summed E-state index contributed by atoms with van der Waals surface area (Å²) in [7, 11) is 1.97. The van der Waals surface area contributed by atoms with E-state index < -0.39 is 0 Å². The van der Waals surface area contributed by atoms with E-state index in [0.717, 1.165) is 75.1 Å². The van der Waals surface area contributed by atoms with Crippen molar-refractivity contribution in [2.75, 3.05) is 62.3 Å². The molecule has 10 nitrogen and oxygen atoms in total. The molecule has 0 unspecified atom stereocenters. The summed E-state index contributed by atoms with van der Waals surface area (Å²) in [5.74, 6) is 1.46. The Bertz CT molecular complexity index is 1770. The maximum absolute atomic E-state index is 10.3. The average molecular weight is 651 g/mol. The molecule has 1 saturated heterocycles. The Morgan fingerprint density at radius 1 is 0.979 bits per heavy atom. The predicted molar refractivity (Wildman–Crippen MR) is 191 cm³/mol. The molecule has 6 rings (SSSR count). The van der Waals surface area contributed by atoms with Crippen LogP contribution in [0.3, 0.4) is 0 Å². The number of aromatic hydroxyl groups is 1. The standard InChI is InChI=1S/C36H42N8O2S/c1-25-35(47-24-40-25)27-10-11-28(22-38-2)31(20-27)39-14-5-19-46-29-12-8-26(9-13-29)23-43-15-17-44(18-16-43)33-21-32(41-42-36(33)37)30-6-3-4-7-34(30)45/h3-4,6-13,20-21,24,38-39,45H,5,14-19,22-23H2,1-2H3,(H2,37,42). The van der Waals surface area contributed by atoms with Crippen LogP contribution in [-0.2, 0) is 13.1 Å². The first kappa shape index (κ1) is 32.2. The number of phenolic OH excluding ortho intramolecular Hbond substituents is 1. The molecule has 1 aliphatic heterocycles. The number of rotatable bonds is 13. The van der Waals surface area contributed by atoms with Crippen LogP contribution in [0.1, 0.15) is 23.2 Å². The maximum Gasteiger partial charge on any atom is 0.169 e. The van der Waals surface area contributed by atoms with Gasteiger partial charge in [0.25, 0.3) is 0 Å². The molecule has 0 amide bonds. The van der Waals surface area contributed by atoms with Gasteiger partial charge in [-0.1, -0.05) is 36.4 Å². The van der Waals surface area contributed by atoms with Crippen molar-refractivity contribution in [2.24, 2.45) is 0 Å². The van der Waals surface area contributed by atoms with Gasteiger partial charge in [0, 0.05) is 57.1 Å². The van der Waals surface area contributed by atoms with Crippen LogP contribution in [0, 0.1) is 6.92 Å². The van der Waals surface area contributed by atoms with Crippen LogP contribution in [0.2, 0.25) is 0 Å². The second-order valence-corrected chi connectivity index (χ2v) is 12.6. The highest BCUT2D eigenvalue weighted by Crippen LogP contribution is 2.33. The van der Waals surface area contributed by atoms with Crippen molar-refractivity contribution in [1.29, 1.82) is 0 Å². The van der Waals surface area contributed by atoms with Gasteiger partial charge in [0.15, 0.2) is 5.82 Å². The molecule has 0 radical (unpaired) electrons. The first-order valence-corrected chi connectivity index (χ1v) is 16.9. The minimum atomic E-state index is 0.176. The number of nitrogens with two attached hydrogens (primary N) is 1. The van der Waals surface area contributed by atoms with Crippen LogP contribution in [0.15, 0.2) is 78.3 Å². The molecule has 0 saturated carbocycles. The van der Waals surface area contributed by atoms with Gasteiger partial charge in [-0.05, 0) is 73.5 Å². The van der Waals surface area contributed by atoms with Crippen molar-refractivity contribution >= 4 is 28.5 Å². The number of ether oxygens (including phenoxy) is 1. The summed E-state index contributed by atoms with van der Waals surface area (Å²) in [5.41, 5.74) is 16.1. The number of thiazole rings is 1. The molecule has 2 aromatic heterocycles. The minimum absolute atomic E-state index is 0.176. The minimum Gasteiger partial charge on any atom is -0.507 e. The molecular formula is C36H42N8O2S. The number of nitrogens with one attached hydrogen (secondary N) is 2. The van der Waals surface area contributed by atoms with E-state index >= 15 is 0 Å². The van der Waals surface area contributed by atoms with E-state index in [9.17, 15) is 5.11 Å². The number of phenols is 1. The molecule has 0 aliphatic carbocycles. The summed E-state index contributed by atoms with van der Waals surface area (Å²) in [6.45, 7) is 8.67. The Balaban J connectivity index is 0.953. The lowest BCUT2D eigenvalue weighted by Gasteiger charge is -2.36. The lowest BCUT2D eigenvalue weighted by molar-refractivity contribution is 0.249. The van der Waals surface area contributed by atoms with Gasteiger partial charge in [-0.15, -0.1) is 21.5 Å². The van der Waals surface area contributed by atoms with Gasteiger partial charge >= 0.3 is 0 Å². The molecule has 3 aromatic carbocycles. The van der Waals surface area contributed by atoms with Crippen molar-refractivity contribution in [3.63, 3.8) is 0 Å². The lowest BCUT2D eigenvalue weighted by Crippen LogP contribution is -2.46. The maximum atomic E-state index is 10.3. The first-order valence-electron chi connectivity index (χ1n) is 16.0. The van der Waals surface area contributed by atoms with E-state index in [1.54, 1.807) is 23.5 Å². The first-order chi connectivity index (χ1) is 23.0. The Labute approximate surface area is 280 Å². The molecule has 244 valence electrons. The second kappa shape index (κ2) is 15.3. The van der Waals surface area contributed by atoms with Crippen LogP contribution in [0.5, 0.6) is 11.5 Å². The number of aromatic nitrogens is 3. The highest BCUT2D eigenvalue weighted by molar-refractivity contribution is 7.13. The molecule has 5 aromatic rings. The van der Waals surface area contributed by atoms with Crippen LogP contribution in [-0.4, -0.2) is 71.6 Å². The fourth-order valence-electron chi connectivity index (χ4n) is 5.85. The highest BCUT2D eigenvalue weighted by Gasteiger charge is 2.21. The summed E-state index contributed by atoms with van der Waals surface area (Å²) >= 11 is 1.68. The monoisotopic (exact) mass is 650 g/mol. The van der Waals surface area contributed by atoms with Crippen molar-refractivity contribution in [3.8, 4) is 33.2 Å². The third kappa shape index (κ3) is 7.99. The zero-order valence-electron chi connectivity index (χ0n) is 26.9. The number of aryl methyl sites for hydroxylation is 1. The summed E-state index contributed by atoms with van der Waals surface area (Å²) in [4.78, 5) is 10.3. The molecule has 11 heteroatoms. The van der Waals surface area contributed by atoms with Crippen molar-refractivity contribution in [3.05, 3.63) is 95.1 Å². The predicted octanol–water partition coefficient (Wildman–Crippen LogP) is 5.79. The van der Waals surface area contributed by atoms with E-state index in [2.05, 4.69) is 85.0 Å². The molecule has 0 atom stereocenters. The molecule has 0 bridgehead atoms. The van der Waals surface area contributed by atoms with E-state index in [0.29, 0.717) is 23.7 Å². The quantitative estimate of drug-likeness (QED) is 0.117. The number of anilines is 3. The SMILES string of the molecule is CNCc1ccc(-c2scnc2C)cc1NCCCOc1ccc(CN2CCN(c3cc(-c4ccccc4O)nnc3N)CC2)cc1. The summed E-state index contributed by atoms with van der Waals surface area (Å²) < 4.78 is 6.07. The molecule has 1 aliphatic rings. The topological polar surface area (TPSA) is 125 Å². The van der Waals surface area contributed by atoms with Gasteiger partial charge in [0.05, 0.1) is 34.1 Å². The summed E-state index contributed by atoms with van der Waals surface area (Å²) in [6.07, 6.45) is 0.889. The number of piperazine rings is 1. The van der Waals surface area contributed by atoms with Gasteiger partial charge in [-0.25, -0.2) is 4.98 Å². The van der Waals surface area contributed by atoms with Crippen molar-refractivity contribution < 1.29 is 9.84 Å². The zero-order chi connectivity index (χ0) is 32.6. The fourth-order valence-corrected chi connectivity index (χ4v) is 6.66. The Morgan fingerprint density at radius 3 is 2.53 bits per heavy atom. The van der Waals surface area contributed by atoms with E-state index in [-0.39, 0.29) is 5.75 Å². The number of nitrogens with zero attached hydrogens (tertiary/aromatic N) is 5. The average Bonchev–Trinajstić information content (AvgIpc) is 3.53. The van der Waals surface area contributed by atoms with Crippen molar-refractivity contribution in [2.45, 2.75) is 26.4 Å². The van der Waals surface area contributed by atoms with Gasteiger partial charge in [-0.2, -0.15) is 0 Å². The molecule has 1 fully saturated rings. The Hall–Kier alpha value is -4.71. The molecule has 47 heavy (non-hydrogen) atoms.